The third-order valence-corrected chi connectivity index (χ3v) is 6.96. The molecule has 0 spiro atoms. The van der Waals surface area contributed by atoms with Crippen LogP contribution in [0.25, 0.3) is 17.4 Å². The molecule has 1 aliphatic heterocycles. The Labute approximate surface area is 208 Å². The molecule has 1 saturated heterocycles. The van der Waals surface area contributed by atoms with Gasteiger partial charge in [0.15, 0.2) is 0 Å². The summed E-state index contributed by atoms with van der Waals surface area (Å²) in [6.07, 6.45) is 2.16. The van der Waals surface area contributed by atoms with Crippen LogP contribution < -0.4 is 5.73 Å². The van der Waals surface area contributed by atoms with E-state index in [1.807, 2.05) is 66.7 Å². The first-order valence-electron chi connectivity index (χ1n) is 11.0. The van der Waals surface area contributed by atoms with Gasteiger partial charge in [0.2, 0.25) is 0 Å². The van der Waals surface area contributed by atoms with Crippen molar-refractivity contribution in [2.45, 2.75) is 30.6 Å². The number of esters is 1. The molecule has 0 aliphatic carbocycles. The lowest BCUT2D eigenvalue weighted by Crippen LogP contribution is -2.34. The van der Waals surface area contributed by atoms with Gasteiger partial charge in [-0.15, -0.1) is 12.6 Å². The lowest BCUT2D eigenvalue weighted by Gasteiger charge is -2.19. The maximum absolute atomic E-state index is 12.9. The number of thiol groups is 1. The van der Waals surface area contributed by atoms with Crippen LogP contribution in [0.3, 0.4) is 0 Å². The van der Waals surface area contributed by atoms with E-state index in [4.69, 9.17) is 14.9 Å². The molecule has 4 rings (SSSR count). The summed E-state index contributed by atoms with van der Waals surface area (Å²) in [6.45, 7) is 2.58. The lowest BCUT2D eigenvalue weighted by molar-refractivity contribution is -0.144. The molecule has 0 radical (unpaired) electrons. The zero-order valence-electron chi connectivity index (χ0n) is 18.7. The van der Waals surface area contributed by atoms with Gasteiger partial charge in [-0.2, -0.15) is 0 Å². The van der Waals surface area contributed by atoms with Crippen LogP contribution >= 0.6 is 24.4 Å². The van der Waals surface area contributed by atoms with Gasteiger partial charge in [-0.25, -0.2) is 0 Å². The fraction of sp³-hybridized carbons (Fsp3) is 0.231. The van der Waals surface area contributed by atoms with Gasteiger partial charge in [0.25, 0.3) is 5.91 Å². The first kappa shape index (κ1) is 24.2. The molecule has 1 aliphatic rings. The van der Waals surface area contributed by atoms with Gasteiger partial charge in [0.1, 0.15) is 22.3 Å². The summed E-state index contributed by atoms with van der Waals surface area (Å²) in [7, 11) is 0. The van der Waals surface area contributed by atoms with Gasteiger partial charge in [0.05, 0.1) is 11.5 Å². The number of carbonyl (C=O) groups is 2. The molecule has 3 aromatic rings. The van der Waals surface area contributed by atoms with Crippen LogP contribution in [-0.2, 0) is 27.3 Å². The topological polar surface area (TPSA) is 85.8 Å². The third-order valence-electron chi connectivity index (χ3n) is 5.35. The summed E-state index contributed by atoms with van der Waals surface area (Å²) in [5.74, 6) is 0.822. The fourth-order valence-electron chi connectivity index (χ4n) is 3.60. The number of nitrogens with zero attached hydrogens (tertiary/aromatic N) is 1. The molecule has 2 aromatic carbocycles. The Hall–Kier alpha value is -2.94. The van der Waals surface area contributed by atoms with E-state index in [2.05, 4.69) is 12.6 Å². The Balaban J connectivity index is 1.42. The number of hydrogen-bond acceptors (Lipinski definition) is 7. The summed E-state index contributed by atoms with van der Waals surface area (Å²) in [5.41, 5.74) is 8.79. The monoisotopic (exact) mass is 494 g/mol. The van der Waals surface area contributed by atoms with Crippen molar-refractivity contribution in [1.82, 2.24) is 4.90 Å². The molecule has 8 heteroatoms. The Morgan fingerprint density at radius 1 is 1.15 bits per heavy atom. The molecule has 176 valence electrons. The van der Waals surface area contributed by atoms with Gasteiger partial charge < -0.3 is 19.8 Å². The third kappa shape index (κ3) is 5.75. The molecule has 34 heavy (non-hydrogen) atoms. The van der Waals surface area contributed by atoms with E-state index in [1.54, 1.807) is 17.9 Å². The highest BCUT2D eigenvalue weighted by molar-refractivity contribution is 8.14. The molecule has 0 unspecified atom stereocenters. The zero-order chi connectivity index (χ0) is 24.1. The van der Waals surface area contributed by atoms with E-state index >= 15 is 0 Å². The van der Waals surface area contributed by atoms with Gasteiger partial charge in [-0.05, 0) is 36.6 Å². The molecular formula is C26H26N2O4S2. The van der Waals surface area contributed by atoms with Crippen molar-refractivity contribution in [2.24, 2.45) is 5.73 Å². The Morgan fingerprint density at radius 2 is 1.88 bits per heavy atom. The highest BCUT2D eigenvalue weighted by Crippen LogP contribution is 2.39. The largest absolute Gasteiger partial charge is 0.465 e. The average molecular weight is 495 g/mol. The predicted octanol–water partition coefficient (Wildman–Crippen LogP) is 4.71. The molecule has 2 atom stereocenters. The number of hydrogen-bond donors (Lipinski definition) is 2. The quantitative estimate of drug-likeness (QED) is 0.268. The second-order valence-electron chi connectivity index (χ2n) is 7.83. The summed E-state index contributed by atoms with van der Waals surface area (Å²) in [5, 5.41) is 0. The first-order valence-corrected chi connectivity index (χ1v) is 12.4. The number of furan rings is 1. The standard InChI is InChI=1S/C26H26N2O4S2/c1-2-31-25(30)21(27)14-17-8-10-19(11-9-17)22-13-12-20(32-22)15-23-24(29)28(26(33)34-23)16-18-6-4-3-5-7-18/h3-13,15,21,26,33H,2,14,16,27H2,1H3/b23-15-/t21-,26-/m1/s1. The van der Waals surface area contributed by atoms with E-state index in [9.17, 15) is 9.59 Å². The van der Waals surface area contributed by atoms with Crippen molar-refractivity contribution in [3.63, 3.8) is 0 Å². The van der Waals surface area contributed by atoms with Crippen molar-refractivity contribution < 1.29 is 18.7 Å². The van der Waals surface area contributed by atoms with Crippen molar-refractivity contribution in [3.8, 4) is 11.3 Å². The van der Waals surface area contributed by atoms with Gasteiger partial charge >= 0.3 is 5.97 Å². The van der Waals surface area contributed by atoms with Crippen LogP contribution in [0.1, 0.15) is 23.8 Å². The van der Waals surface area contributed by atoms with Crippen LogP contribution in [0.2, 0.25) is 0 Å². The molecular weight excluding hydrogens is 468 g/mol. The number of rotatable bonds is 8. The highest BCUT2D eigenvalue weighted by Gasteiger charge is 2.34. The van der Waals surface area contributed by atoms with Gasteiger partial charge in [0, 0.05) is 18.2 Å². The Bertz CT molecular complexity index is 1180. The second-order valence-corrected chi connectivity index (χ2v) is 9.79. The minimum atomic E-state index is -0.689. The summed E-state index contributed by atoms with van der Waals surface area (Å²) in [6, 6.07) is 20.6. The average Bonchev–Trinajstić information content (AvgIpc) is 3.41. The molecule has 0 bridgehead atoms. The number of ether oxygens (including phenoxy) is 1. The van der Waals surface area contributed by atoms with E-state index in [0.717, 1.165) is 16.7 Å². The molecule has 1 amide bonds. The lowest BCUT2D eigenvalue weighted by atomic mass is 10.0. The molecule has 0 saturated carbocycles. The molecule has 1 aromatic heterocycles. The first-order chi connectivity index (χ1) is 16.4. The normalized spacial score (nSPS) is 17.9. The Kier molecular flexibility index (Phi) is 7.82. The van der Waals surface area contributed by atoms with Crippen LogP contribution in [0.15, 0.2) is 76.1 Å². The van der Waals surface area contributed by atoms with Gasteiger partial charge in [-0.3, -0.25) is 9.59 Å². The van der Waals surface area contributed by atoms with Crippen LogP contribution in [0.5, 0.6) is 0 Å². The van der Waals surface area contributed by atoms with Crippen LogP contribution in [0, 0.1) is 0 Å². The van der Waals surface area contributed by atoms with Crippen molar-refractivity contribution in [3.05, 3.63) is 88.5 Å². The van der Waals surface area contributed by atoms with Crippen LogP contribution in [-0.4, -0.2) is 34.1 Å². The fourth-order valence-corrected chi connectivity index (χ4v) is 5.06. The highest BCUT2D eigenvalue weighted by atomic mass is 32.2. The SMILES string of the molecule is CCOC(=O)[C@H](N)Cc1ccc(-c2ccc(/C=C3\S[C@@H](S)N(Cc4ccccc4)C3=O)o2)cc1. The van der Waals surface area contributed by atoms with Crippen molar-refractivity contribution in [1.29, 1.82) is 0 Å². The number of benzene rings is 2. The second kappa shape index (κ2) is 11.0. The summed E-state index contributed by atoms with van der Waals surface area (Å²) >= 11 is 5.99. The zero-order valence-corrected chi connectivity index (χ0v) is 20.4. The number of thioether (sulfide) groups is 1. The van der Waals surface area contributed by atoms with E-state index in [1.165, 1.54) is 11.8 Å². The van der Waals surface area contributed by atoms with Crippen LogP contribution in [0.4, 0.5) is 0 Å². The number of amides is 1. The maximum Gasteiger partial charge on any atom is 0.323 e. The molecule has 2 heterocycles. The number of nitrogens with two attached hydrogens (primary N) is 1. The molecule has 6 nitrogen and oxygen atoms in total. The maximum atomic E-state index is 12.9. The summed E-state index contributed by atoms with van der Waals surface area (Å²) < 4.78 is 10.7. The molecule has 2 N–H and O–H groups in total. The van der Waals surface area contributed by atoms with Crippen molar-refractivity contribution in [2.75, 3.05) is 6.61 Å². The smallest absolute Gasteiger partial charge is 0.323 e. The van der Waals surface area contributed by atoms with E-state index < -0.39 is 12.0 Å². The van der Waals surface area contributed by atoms with E-state index in [-0.39, 0.29) is 10.6 Å². The van der Waals surface area contributed by atoms with E-state index in [0.29, 0.717) is 36.0 Å². The minimum absolute atomic E-state index is 0.0610. The van der Waals surface area contributed by atoms with Crippen molar-refractivity contribution >= 4 is 42.3 Å². The predicted molar refractivity (Wildman–Crippen MR) is 138 cm³/mol. The summed E-state index contributed by atoms with van der Waals surface area (Å²) in [4.78, 5) is 27.0. The van der Waals surface area contributed by atoms with Gasteiger partial charge in [-0.1, -0.05) is 66.4 Å². The Morgan fingerprint density at radius 3 is 2.59 bits per heavy atom. The minimum Gasteiger partial charge on any atom is -0.465 e. The number of carbonyl (C=O) groups excluding carboxylic acids is 2. The molecule has 1 fully saturated rings.